The number of fused-ring (bicyclic) bond motifs is 1. The summed E-state index contributed by atoms with van der Waals surface area (Å²) in [5, 5.41) is 0. The van der Waals surface area contributed by atoms with Crippen LogP contribution in [0.4, 0.5) is 0 Å². The Morgan fingerprint density at radius 3 is 2.43 bits per heavy atom. The maximum Gasteiger partial charge on any atom is 0.0392 e. The molecule has 2 heterocycles. The molecule has 0 saturated carbocycles. The maximum absolute atomic E-state index is 2.56. The first-order chi connectivity index (χ1) is 6.84. The molecule has 0 aliphatic carbocycles. The lowest BCUT2D eigenvalue weighted by atomic mass is 10.2. The first-order valence-corrected chi connectivity index (χ1v) is 5.33. The van der Waals surface area contributed by atoms with Gasteiger partial charge in [0.1, 0.15) is 0 Å². The highest BCUT2D eigenvalue weighted by atomic mass is 15.4. The van der Waals surface area contributed by atoms with E-state index in [1.54, 1.807) is 0 Å². The van der Waals surface area contributed by atoms with Crippen molar-refractivity contribution in [1.29, 1.82) is 0 Å². The number of likely N-dealkylation sites (tertiary alicyclic amines) is 1. The molecule has 1 aromatic rings. The topological polar surface area (TPSA) is 6.25 Å². The van der Waals surface area contributed by atoms with Crippen molar-refractivity contribution in [1.82, 2.24) is 9.80 Å². The second kappa shape index (κ2) is 3.07. The monoisotopic (exact) mass is 188 g/mol. The number of piperazine rings is 1. The van der Waals surface area contributed by atoms with Gasteiger partial charge in [0.15, 0.2) is 0 Å². The molecule has 2 aliphatic heterocycles. The van der Waals surface area contributed by atoms with Crippen LogP contribution in [-0.4, -0.2) is 42.0 Å². The van der Waals surface area contributed by atoms with E-state index in [1.165, 1.54) is 18.7 Å². The van der Waals surface area contributed by atoms with Crippen molar-refractivity contribution in [3.05, 3.63) is 35.9 Å². The largest absolute Gasteiger partial charge is 0.296 e. The van der Waals surface area contributed by atoms with E-state index in [1.807, 2.05) is 0 Å². The van der Waals surface area contributed by atoms with Crippen molar-refractivity contribution in [2.24, 2.45) is 0 Å². The molecule has 74 valence electrons. The van der Waals surface area contributed by atoms with Gasteiger partial charge in [0.2, 0.25) is 0 Å². The minimum atomic E-state index is 0.860. The molecule has 2 aliphatic rings. The Kier molecular flexibility index (Phi) is 1.85. The van der Waals surface area contributed by atoms with Gasteiger partial charge in [-0.3, -0.25) is 9.80 Å². The van der Waals surface area contributed by atoms with Crippen LogP contribution in [0.15, 0.2) is 30.3 Å². The molecule has 3 rings (SSSR count). The van der Waals surface area contributed by atoms with E-state index in [4.69, 9.17) is 0 Å². The third-order valence-electron chi connectivity index (χ3n) is 3.54. The highest BCUT2D eigenvalue weighted by Gasteiger charge is 2.50. The second-order valence-electron chi connectivity index (χ2n) is 4.48. The molecular weight excluding hydrogens is 172 g/mol. The van der Waals surface area contributed by atoms with Crippen molar-refractivity contribution in [3.63, 3.8) is 0 Å². The van der Waals surface area contributed by atoms with Crippen molar-refractivity contribution in [2.75, 3.05) is 20.1 Å². The Morgan fingerprint density at radius 1 is 1.14 bits per heavy atom. The number of nitrogens with zero attached hydrogens (tertiary/aromatic N) is 2. The third-order valence-corrected chi connectivity index (χ3v) is 3.54. The van der Waals surface area contributed by atoms with Gasteiger partial charge in [0.05, 0.1) is 0 Å². The van der Waals surface area contributed by atoms with Crippen LogP contribution < -0.4 is 0 Å². The van der Waals surface area contributed by atoms with Crippen molar-refractivity contribution in [3.8, 4) is 0 Å². The highest BCUT2D eigenvalue weighted by molar-refractivity contribution is 5.16. The van der Waals surface area contributed by atoms with E-state index >= 15 is 0 Å². The number of hydrogen-bond acceptors (Lipinski definition) is 2. The summed E-state index contributed by atoms with van der Waals surface area (Å²) in [5.74, 6) is 0. The predicted molar refractivity (Wildman–Crippen MR) is 57.1 cm³/mol. The van der Waals surface area contributed by atoms with Gasteiger partial charge in [0, 0.05) is 31.7 Å². The van der Waals surface area contributed by atoms with Gasteiger partial charge >= 0.3 is 0 Å². The average molecular weight is 188 g/mol. The SMILES string of the molecule is CN1C2CN(Cc3ccccc3)CC21. The first-order valence-electron chi connectivity index (χ1n) is 5.33. The molecule has 0 N–H and O–H groups in total. The number of rotatable bonds is 2. The summed E-state index contributed by atoms with van der Waals surface area (Å²) in [6.45, 7) is 3.65. The van der Waals surface area contributed by atoms with Gasteiger partial charge in [0.25, 0.3) is 0 Å². The summed E-state index contributed by atoms with van der Waals surface area (Å²) in [6, 6.07) is 12.5. The molecule has 2 atom stereocenters. The Morgan fingerprint density at radius 2 is 1.79 bits per heavy atom. The van der Waals surface area contributed by atoms with Gasteiger partial charge in [-0.15, -0.1) is 0 Å². The van der Waals surface area contributed by atoms with E-state index < -0.39 is 0 Å². The van der Waals surface area contributed by atoms with E-state index in [0.717, 1.165) is 18.6 Å². The van der Waals surface area contributed by atoms with Gasteiger partial charge < -0.3 is 0 Å². The standard InChI is InChI=1S/C12H16N2/c1-13-11-8-14(9-12(11)13)7-10-5-3-2-4-6-10/h2-6,11-12H,7-9H2,1H3. The molecule has 0 bridgehead atoms. The van der Waals surface area contributed by atoms with Crippen molar-refractivity contribution < 1.29 is 0 Å². The average Bonchev–Trinajstić information content (AvgIpc) is 2.65. The Labute approximate surface area is 85.1 Å². The fraction of sp³-hybridized carbons (Fsp3) is 0.500. The smallest absolute Gasteiger partial charge is 0.0392 e. The summed E-state index contributed by atoms with van der Waals surface area (Å²) in [5.41, 5.74) is 1.44. The van der Waals surface area contributed by atoms with E-state index in [0.29, 0.717) is 0 Å². The Balaban J connectivity index is 1.60. The van der Waals surface area contributed by atoms with Gasteiger partial charge in [-0.25, -0.2) is 0 Å². The normalized spacial score (nSPS) is 35.6. The minimum absolute atomic E-state index is 0.860. The van der Waals surface area contributed by atoms with Crippen LogP contribution >= 0.6 is 0 Å². The number of hydrogen-bond donors (Lipinski definition) is 0. The summed E-state index contributed by atoms with van der Waals surface area (Å²) in [7, 11) is 2.23. The number of likely N-dealkylation sites (N-methyl/N-ethyl adjacent to an activating group) is 1. The molecular formula is C12H16N2. The van der Waals surface area contributed by atoms with Crippen LogP contribution in [0.2, 0.25) is 0 Å². The van der Waals surface area contributed by atoms with Crippen molar-refractivity contribution >= 4 is 0 Å². The van der Waals surface area contributed by atoms with Gasteiger partial charge in [-0.2, -0.15) is 0 Å². The van der Waals surface area contributed by atoms with Crippen LogP contribution in [0, 0.1) is 0 Å². The van der Waals surface area contributed by atoms with E-state index in [9.17, 15) is 0 Å². The molecule has 2 nitrogen and oxygen atoms in total. The molecule has 2 unspecified atom stereocenters. The zero-order chi connectivity index (χ0) is 9.54. The zero-order valence-electron chi connectivity index (χ0n) is 8.56. The van der Waals surface area contributed by atoms with Crippen LogP contribution in [0.3, 0.4) is 0 Å². The minimum Gasteiger partial charge on any atom is -0.296 e. The van der Waals surface area contributed by atoms with E-state index in [-0.39, 0.29) is 0 Å². The van der Waals surface area contributed by atoms with Crippen LogP contribution in [-0.2, 0) is 6.54 Å². The summed E-state index contributed by atoms with van der Waals surface area (Å²) in [4.78, 5) is 5.03. The van der Waals surface area contributed by atoms with Crippen LogP contribution in [0.25, 0.3) is 0 Å². The highest BCUT2D eigenvalue weighted by Crippen LogP contribution is 2.33. The van der Waals surface area contributed by atoms with Crippen LogP contribution in [0.5, 0.6) is 0 Å². The molecule has 0 spiro atoms. The second-order valence-corrected chi connectivity index (χ2v) is 4.48. The molecule has 0 radical (unpaired) electrons. The zero-order valence-corrected chi connectivity index (χ0v) is 8.56. The third kappa shape index (κ3) is 1.35. The summed E-state index contributed by atoms with van der Waals surface area (Å²) < 4.78 is 0. The Hall–Kier alpha value is -0.860. The Bertz CT molecular complexity index is 310. The lowest BCUT2D eigenvalue weighted by Gasteiger charge is -2.18. The molecule has 1 aromatic carbocycles. The van der Waals surface area contributed by atoms with Gasteiger partial charge in [-0.05, 0) is 12.6 Å². The molecule has 14 heavy (non-hydrogen) atoms. The molecule has 2 saturated heterocycles. The molecule has 2 fully saturated rings. The number of benzene rings is 1. The quantitative estimate of drug-likeness (QED) is 0.643. The fourth-order valence-electron chi connectivity index (χ4n) is 2.55. The lowest BCUT2D eigenvalue weighted by molar-refractivity contribution is 0.264. The first kappa shape index (κ1) is 8.45. The predicted octanol–water partition coefficient (Wildman–Crippen LogP) is 1.18. The fourth-order valence-corrected chi connectivity index (χ4v) is 2.55. The summed E-state index contributed by atoms with van der Waals surface area (Å²) >= 11 is 0. The van der Waals surface area contributed by atoms with E-state index in [2.05, 4.69) is 47.2 Å². The molecule has 0 amide bonds. The maximum atomic E-state index is 2.56. The summed E-state index contributed by atoms with van der Waals surface area (Å²) in [6.07, 6.45) is 0. The van der Waals surface area contributed by atoms with Gasteiger partial charge in [-0.1, -0.05) is 30.3 Å². The molecule has 0 aromatic heterocycles. The van der Waals surface area contributed by atoms with Crippen LogP contribution in [0.1, 0.15) is 5.56 Å². The van der Waals surface area contributed by atoms with Crippen molar-refractivity contribution in [2.45, 2.75) is 18.6 Å². The molecule has 2 heteroatoms. The lowest BCUT2D eigenvalue weighted by Crippen LogP contribution is -2.27.